The number of furan rings is 1. The van der Waals surface area contributed by atoms with Gasteiger partial charge in [-0.25, -0.2) is 0 Å². The fourth-order valence-electron chi connectivity index (χ4n) is 1.42. The maximum absolute atomic E-state index is 11.7. The van der Waals surface area contributed by atoms with Gasteiger partial charge in [-0.15, -0.1) is 0 Å². The molecule has 0 aliphatic carbocycles. The van der Waals surface area contributed by atoms with Crippen molar-refractivity contribution in [1.82, 2.24) is 15.5 Å². The smallest absolute Gasteiger partial charge is 0.255 e. The summed E-state index contributed by atoms with van der Waals surface area (Å²) >= 11 is 0. The van der Waals surface area contributed by atoms with E-state index in [-0.39, 0.29) is 5.91 Å². The molecule has 0 aromatic carbocycles. The highest BCUT2D eigenvalue weighted by atomic mass is 16.3. The lowest BCUT2D eigenvalue weighted by Gasteiger charge is -2.01. The van der Waals surface area contributed by atoms with Crippen LogP contribution in [0.1, 0.15) is 27.6 Å². The van der Waals surface area contributed by atoms with E-state index in [1.807, 2.05) is 19.1 Å². The van der Waals surface area contributed by atoms with Crippen LogP contribution in [0.5, 0.6) is 0 Å². The van der Waals surface area contributed by atoms with Gasteiger partial charge in [-0.2, -0.15) is 5.10 Å². The van der Waals surface area contributed by atoms with Crippen molar-refractivity contribution in [2.75, 3.05) is 0 Å². The molecule has 0 saturated heterocycles. The Kier molecular flexibility index (Phi) is 2.76. The van der Waals surface area contributed by atoms with Crippen molar-refractivity contribution in [3.05, 3.63) is 41.1 Å². The number of aryl methyl sites for hydroxylation is 2. The van der Waals surface area contributed by atoms with Crippen LogP contribution in [0.25, 0.3) is 0 Å². The maximum Gasteiger partial charge on any atom is 0.255 e. The standard InChI is InChI=1S/C11H13N3O2/c1-7-3-4-9(16-7)5-12-11(15)10-6-13-14-8(10)2/h3-4,6H,5H2,1-2H3,(H,12,15)(H,13,14). The Balaban J connectivity index is 1.96. The molecule has 0 spiro atoms. The fraction of sp³-hybridized carbons (Fsp3) is 0.273. The van der Waals surface area contributed by atoms with Crippen LogP contribution in [0.2, 0.25) is 0 Å². The van der Waals surface area contributed by atoms with Crippen molar-refractivity contribution in [3.8, 4) is 0 Å². The second-order valence-electron chi connectivity index (χ2n) is 3.60. The predicted octanol–water partition coefficient (Wildman–Crippen LogP) is 1.55. The van der Waals surface area contributed by atoms with Crippen LogP contribution in [0.4, 0.5) is 0 Å². The van der Waals surface area contributed by atoms with Crippen molar-refractivity contribution in [1.29, 1.82) is 0 Å². The molecule has 0 atom stereocenters. The van der Waals surface area contributed by atoms with E-state index < -0.39 is 0 Å². The number of carbonyl (C=O) groups is 1. The summed E-state index contributed by atoms with van der Waals surface area (Å²) < 4.78 is 5.34. The molecule has 2 aromatic heterocycles. The Morgan fingerprint density at radius 2 is 2.31 bits per heavy atom. The number of amides is 1. The van der Waals surface area contributed by atoms with Crippen LogP contribution in [-0.4, -0.2) is 16.1 Å². The first-order valence-corrected chi connectivity index (χ1v) is 5.00. The Morgan fingerprint density at radius 1 is 1.50 bits per heavy atom. The number of nitrogens with one attached hydrogen (secondary N) is 2. The molecular weight excluding hydrogens is 206 g/mol. The summed E-state index contributed by atoms with van der Waals surface area (Å²) in [5, 5.41) is 9.27. The number of hydrogen-bond acceptors (Lipinski definition) is 3. The lowest BCUT2D eigenvalue weighted by Crippen LogP contribution is -2.22. The summed E-state index contributed by atoms with van der Waals surface area (Å²) in [5.74, 6) is 1.43. The average molecular weight is 219 g/mol. The van der Waals surface area contributed by atoms with E-state index in [4.69, 9.17) is 4.42 Å². The molecule has 0 saturated carbocycles. The number of aromatic nitrogens is 2. The highest BCUT2D eigenvalue weighted by molar-refractivity contribution is 5.94. The molecule has 0 bridgehead atoms. The quantitative estimate of drug-likeness (QED) is 0.822. The minimum absolute atomic E-state index is 0.152. The number of rotatable bonds is 3. The summed E-state index contributed by atoms with van der Waals surface area (Å²) in [5.41, 5.74) is 1.32. The van der Waals surface area contributed by atoms with Gasteiger partial charge in [0.15, 0.2) is 0 Å². The predicted molar refractivity (Wildman–Crippen MR) is 57.9 cm³/mol. The summed E-state index contributed by atoms with van der Waals surface area (Å²) in [6.07, 6.45) is 1.51. The molecule has 2 N–H and O–H groups in total. The summed E-state index contributed by atoms with van der Waals surface area (Å²) in [4.78, 5) is 11.7. The number of nitrogens with zero attached hydrogens (tertiary/aromatic N) is 1. The van der Waals surface area contributed by atoms with E-state index >= 15 is 0 Å². The SMILES string of the molecule is Cc1ccc(CNC(=O)c2cn[nH]c2C)o1. The van der Waals surface area contributed by atoms with Gasteiger partial charge in [0.25, 0.3) is 5.91 Å². The summed E-state index contributed by atoms with van der Waals surface area (Å²) in [6, 6.07) is 3.71. The summed E-state index contributed by atoms with van der Waals surface area (Å²) in [6.45, 7) is 4.06. The van der Waals surface area contributed by atoms with Crippen LogP contribution in [0, 0.1) is 13.8 Å². The largest absolute Gasteiger partial charge is 0.465 e. The van der Waals surface area contributed by atoms with Gasteiger partial charge in [-0.05, 0) is 26.0 Å². The molecular formula is C11H13N3O2. The molecule has 5 heteroatoms. The van der Waals surface area contributed by atoms with E-state index in [1.165, 1.54) is 6.20 Å². The second-order valence-corrected chi connectivity index (χ2v) is 3.60. The first-order chi connectivity index (χ1) is 7.66. The van der Waals surface area contributed by atoms with Gasteiger partial charge in [-0.3, -0.25) is 9.89 Å². The van der Waals surface area contributed by atoms with Crippen molar-refractivity contribution in [2.45, 2.75) is 20.4 Å². The van der Waals surface area contributed by atoms with Gasteiger partial charge >= 0.3 is 0 Å². The van der Waals surface area contributed by atoms with Gasteiger partial charge in [0.1, 0.15) is 11.5 Å². The molecule has 2 rings (SSSR count). The lowest BCUT2D eigenvalue weighted by atomic mass is 10.2. The lowest BCUT2D eigenvalue weighted by molar-refractivity contribution is 0.0947. The van der Waals surface area contributed by atoms with Crippen LogP contribution < -0.4 is 5.32 Å². The highest BCUT2D eigenvalue weighted by Gasteiger charge is 2.10. The zero-order valence-corrected chi connectivity index (χ0v) is 9.20. The second kappa shape index (κ2) is 4.22. The molecule has 5 nitrogen and oxygen atoms in total. The van der Waals surface area contributed by atoms with E-state index in [0.29, 0.717) is 12.1 Å². The van der Waals surface area contributed by atoms with E-state index in [0.717, 1.165) is 17.2 Å². The van der Waals surface area contributed by atoms with Gasteiger partial charge in [-0.1, -0.05) is 0 Å². The molecule has 84 valence electrons. The molecule has 16 heavy (non-hydrogen) atoms. The van der Waals surface area contributed by atoms with Crippen LogP contribution >= 0.6 is 0 Å². The highest BCUT2D eigenvalue weighted by Crippen LogP contribution is 2.07. The van der Waals surface area contributed by atoms with Gasteiger partial charge < -0.3 is 9.73 Å². The van der Waals surface area contributed by atoms with Crippen LogP contribution in [-0.2, 0) is 6.54 Å². The van der Waals surface area contributed by atoms with Crippen molar-refractivity contribution in [2.24, 2.45) is 0 Å². The molecule has 0 radical (unpaired) electrons. The maximum atomic E-state index is 11.7. The van der Waals surface area contributed by atoms with E-state index in [9.17, 15) is 4.79 Å². The van der Waals surface area contributed by atoms with E-state index in [1.54, 1.807) is 6.92 Å². The monoisotopic (exact) mass is 219 g/mol. The zero-order chi connectivity index (χ0) is 11.5. The third kappa shape index (κ3) is 2.13. The normalized spacial score (nSPS) is 10.4. The number of H-pyrrole nitrogens is 1. The van der Waals surface area contributed by atoms with Crippen molar-refractivity contribution in [3.63, 3.8) is 0 Å². The van der Waals surface area contributed by atoms with Gasteiger partial charge in [0.05, 0.1) is 18.3 Å². The molecule has 1 amide bonds. The number of carbonyl (C=O) groups excluding carboxylic acids is 1. The van der Waals surface area contributed by atoms with E-state index in [2.05, 4.69) is 15.5 Å². The topological polar surface area (TPSA) is 70.9 Å². The fourth-order valence-corrected chi connectivity index (χ4v) is 1.42. The summed E-state index contributed by atoms with van der Waals surface area (Å²) in [7, 11) is 0. The Labute approximate surface area is 92.9 Å². The minimum Gasteiger partial charge on any atom is -0.465 e. The van der Waals surface area contributed by atoms with Crippen LogP contribution in [0.15, 0.2) is 22.7 Å². The molecule has 0 unspecified atom stereocenters. The number of aromatic amines is 1. The number of hydrogen-bond donors (Lipinski definition) is 2. The molecule has 0 aliphatic rings. The Morgan fingerprint density at radius 3 is 2.88 bits per heavy atom. The molecule has 2 aromatic rings. The van der Waals surface area contributed by atoms with Crippen LogP contribution in [0.3, 0.4) is 0 Å². The van der Waals surface area contributed by atoms with Gasteiger partial charge in [0, 0.05) is 5.69 Å². The zero-order valence-electron chi connectivity index (χ0n) is 9.20. The molecule has 2 heterocycles. The van der Waals surface area contributed by atoms with Crippen molar-refractivity contribution >= 4 is 5.91 Å². The molecule has 0 fully saturated rings. The Bertz CT molecular complexity index is 499. The van der Waals surface area contributed by atoms with Crippen molar-refractivity contribution < 1.29 is 9.21 Å². The molecule has 0 aliphatic heterocycles. The van der Waals surface area contributed by atoms with Gasteiger partial charge in [0.2, 0.25) is 0 Å². The average Bonchev–Trinajstić information content (AvgIpc) is 2.84. The third-order valence-corrected chi connectivity index (χ3v) is 2.29. The first kappa shape index (κ1) is 10.5. The third-order valence-electron chi connectivity index (χ3n) is 2.29. The minimum atomic E-state index is -0.152. The first-order valence-electron chi connectivity index (χ1n) is 5.00. The Hall–Kier alpha value is -2.04.